The van der Waals surface area contributed by atoms with Crippen LogP contribution >= 0.6 is 11.8 Å². The van der Waals surface area contributed by atoms with Gasteiger partial charge >= 0.3 is 0 Å². The quantitative estimate of drug-likeness (QED) is 0.819. The van der Waals surface area contributed by atoms with Crippen LogP contribution in [-0.4, -0.2) is 22.8 Å². The number of aromatic nitrogens is 2. The third-order valence-corrected chi connectivity index (χ3v) is 2.68. The molecule has 0 saturated carbocycles. The molecule has 3 nitrogen and oxygen atoms in total. The lowest BCUT2D eigenvalue weighted by Gasteiger charge is -2.09. The van der Waals surface area contributed by atoms with Crippen molar-refractivity contribution in [3.8, 4) is 0 Å². The SMILES string of the molecule is CSCc1nc(C)c(CCN)c(C)n1. The van der Waals surface area contributed by atoms with Crippen LogP contribution in [0.25, 0.3) is 0 Å². The first-order valence-corrected chi connectivity index (χ1v) is 6.10. The third-order valence-electron chi connectivity index (χ3n) is 2.13. The Bertz CT molecular complexity index is 289. The molecule has 1 aromatic rings. The summed E-state index contributed by atoms with van der Waals surface area (Å²) < 4.78 is 0. The summed E-state index contributed by atoms with van der Waals surface area (Å²) in [5, 5.41) is 0. The minimum atomic E-state index is 0.660. The number of nitrogens with two attached hydrogens (primary N) is 1. The zero-order chi connectivity index (χ0) is 10.6. The minimum Gasteiger partial charge on any atom is -0.330 e. The van der Waals surface area contributed by atoms with E-state index in [4.69, 9.17) is 5.73 Å². The zero-order valence-corrected chi connectivity index (χ0v) is 9.82. The molecule has 0 amide bonds. The molecule has 1 rings (SSSR count). The maximum Gasteiger partial charge on any atom is 0.138 e. The van der Waals surface area contributed by atoms with Crippen molar-refractivity contribution in [3.05, 3.63) is 22.8 Å². The lowest BCUT2D eigenvalue weighted by molar-refractivity contribution is 0.868. The molecule has 0 aromatic carbocycles. The van der Waals surface area contributed by atoms with E-state index in [1.165, 1.54) is 5.56 Å². The highest BCUT2D eigenvalue weighted by atomic mass is 32.2. The molecule has 0 fully saturated rings. The van der Waals surface area contributed by atoms with Crippen molar-refractivity contribution in [2.24, 2.45) is 5.73 Å². The van der Waals surface area contributed by atoms with Crippen molar-refractivity contribution in [1.82, 2.24) is 9.97 Å². The molecule has 0 atom stereocenters. The molecule has 0 saturated heterocycles. The van der Waals surface area contributed by atoms with Gasteiger partial charge in [-0.2, -0.15) is 11.8 Å². The lowest BCUT2D eigenvalue weighted by Crippen LogP contribution is -2.10. The van der Waals surface area contributed by atoms with E-state index in [0.29, 0.717) is 6.54 Å². The normalized spacial score (nSPS) is 10.6. The molecule has 0 spiro atoms. The van der Waals surface area contributed by atoms with E-state index >= 15 is 0 Å². The van der Waals surface area contributed by atoms with E-state index in [9.17, 15) is 0 Å². The number of hydrogen-bond donors (Lipinski definition) is 1. The molecule has 0 unspecified atom stereocenters. The minimum absolute atomic E-state index is 0.660. The Labute approximate surface area is 89.5 Å². The smallest absolute Gasteiger partial charge is 0.138 e. The summed E-state index contributed by atoms with van der Waals surface area (Å²) in [6.45, 7) is 4.72. The highest BCUT2D eigenvalue weighted by molar-refractivity contribution is 7.97. The monoisotopic (exact) mass is 211 g/mol. The topological polar surface area (TPSA) is 51.8 Å². The van der Waals surface area contributed by atoms with Gasteiger partial charge < -0.3 is 5.73 Å². The van der Waals surface area contributed by atoms with Crippen molar-refractivity contribution in [1.29, 1.82) is 0 Å². The molecule has 4 heteroatoms. The largest absolute Gasteiger partial charge is 0.330 e. The van der Waals surface area contributed by atoms with Crippen LogP contribution in [0.2, 0.25) is 0 Å². The van der Waals surface area contributed by atoms with Crippen LogP contribution in [0, 0.1) is 13.8 Å². The van der Waals surface area contributed by atoms with Crippen molar-refractivity contribution >= 4 is 11.8 Å². The van der Waals surface area contributed by atoms with Gasteiger partial charge in [0.1, 0.15) is 5.82 Å². The second kappa shape index (κ2) is 5.32. The van der Waals surface area contributed by atoms with E-state index in [-0.39, 0.29) is 0 Å². The Kier molecular flexibility index (Phi) is 4.35. The number of rotatable bonds is 4. The van der Waals surface area contributed by atoms with Gasteiger partial charge in [-0.15, -0.1) is 0 Å². The highest BCUT2D eigenvalue weighted by Gasteiger charge is 2.06. The number of thioether (sulfide) groups is 1. The van der Waals surface area contributed by atoms with Crippen LogP contribution in [0.1, 0.15) is 22.8 Å². The van der Waals surface area contributed by atoms with Crippen LogP contribution in [0.15, 0.2) is 0 Å². The second-order valence-electron chi connectivity index (χ2n) is 3.26. The van der Waals surface area contributed by atoms with E-state index in [0.717, 1.165) is 29.4 Å². The molecule has 1 aromatic heterocycles. The maximum absolute atomic E-state index is 5.54. The number of hydrogen-bond acceptors (Lipinski definition) is 4. The van der Waals surface area contributed by atoms with Gasteiger partial charge in [-0.1, -0.05) is 0 Å². The lowest BCUT2D eigenvalue weighted by atomic mass is 10.1. The van der Waals surface area contributed by atoms with Crippen molar-refractivity contribution in [2.45, 2.75) is 26.0 Å². The van der Waals surface area contributed by atoms with Crippen LogP contribution in [0.3, 0.4) is 0 Å². The number of aryl methyl sites for hydroxylation is 2. The Balaban J connectivity index is 2.98. The molecule has 0 bridgehead atoms. The van der Waals surface area contributed by atoms with Crippen molar-refractivity contribution in [3.63, 3.8) is 0 Å². The second-order valence-corrected chi connectivity index (χ2v) is 4.13. The first-order valence-electron chi connectivity index (χ1n) is 4.71. The summed E-state index contributed by atoms with van der Waals surface area (Å²) in [5.74, 6) is 1.80. The van der Waals surface area contributed by atoms with E-state index in [2.05, 4.69) is 16.2 Å². The molecular weight excluding hydrogens is 194 g/mol. The summed E-state index contributed by atoms with van der Waals surface area (Å²) >= 11 is 1.74. The van der Waals surface area contributed by atoms with Gasteiger partial charge in [0.05, 0.1) is 5.75 Å². The molecule has 78 valence electrons. The summed E-state index contributed by atoms with van der Waals surface area (Å²) in [7, 11) is 0. The molecule has 0 aliphatic rings. The summed E-state index contributed by atoms with van der Waals surface area (Å²) in [4.78, 5) is 8.91. The average Bonchev–Trinajstić information content (AvgIpc) is 2.12. The fourth-order valence-electron chi connectivity index (χ4n) is 1.51. The average molecular weight is 211 g/mol. The third kappa shape index (κ3) is 2.69. The molecular formula is C10H17N3S. The van der Waals surface area contributed by atoms with Crippen LogP contribution in [-0.2, 0) is 12.2 Å². The van der Waals surface area contributed by atoms with Crippen LogP contribution in [0.4, 0.5) is 0 Å². The summed E-state index contributed by atoms with van der Waals surface area (Å²) in [6.07, 6.45) is 2.93. The van der Waals surface area contributed by atoms with E-state index in [1.807, 2.05) is 13.8 Å². The van der Waals surface area contributed by atoms with E-state index in [1.54, 1.807) is 11.8 Å². The zero-order valence-electron chi connectivity index (χ0n) is 9.00. The van der Waals surface area contributed by atoms with Crippen molar-refractivity contribution in [2.75, 3.05) is 12.8 Å². The van der Waals surface area contributed by atoms with Gasteiger partial charge in [0, 0.05) is 11.4 Å². The molecule has 2 N–H and O–H groups in total. The first-order chi connectivity index (χ1) is 6.69. The standard InChI is InChI=1S/C10H17N3S/c1-7-9(4-5-11)8(2)13-10(12-7)6-14-3/h4-6,11H2,1-3H3. The Morgan fingerprint density at radius 3 is 2.21 bits per heavy atom. The maximum atomic E-state index is 5.54. The predicted octanol–water partition coefficient (Wildman–Crippen LogP) is 1.46. The Morgan fingerprint density at radius 1 is 1.21 bits per heavy atom. The van der Waals surface area contributed by atoms with Crippen LogP contribution < -0.4 is 5.73 Å². The summed E-state index contributed by atoms with van der Waals surface area (Å²) in [5.41, 5.74) is 8.89. The van der Waals surface area contributed by atoms with Gasteiger partial charge in [0.25, 0.3) is 0 Å². The van der Waals surface area contributed by atoms with Crippen molar-refractivity contribution < 1.29 is 0 Å². The van der Waals surface area contributed by atoms with Gasteiger partial charge in [-0.05, 0) is 38.6 Å². The number of nitrogens with zero attached hydrogens (tertiary/aromatic N) is 2. The molecule has 0 aliphatic heterocycles. The Morgan fingerprint density at radius 2 is 1.79 bits per heavy atom. The molecule has 14 heavy (non-hydrogen) atoms. The van der Waals surface area contributed by atoms with Crippen LogP contribution in [0.5, 0.6) is 0 Å². The fourth-order valence-corrected chi connectivity index (χ4v) is 1.90. The fraction of sp³-hybridized carbons (Fsp3) is 0.600. The van der Waals surface area contributed by atoms with E-state index < -0.39 is 0 Å². The van der Waals surface area contributed by atoms with Gasteiger partial charge in [0.2, 0.25) is 0 Å². The summed E-state index contributed by atoms with van der Waals surface area (Å²) in [6, 6.07) is 0. The molecule has 0 aliphatic carbocycles. The Hall–Kier alpha value is -0.610. The van der Waals surface area contributed by atoms with Gasteiger partial charge in [-0.25, -0.2) is 9.97 Å². The highest BCUT2D eigenvalue weighted by Crippen LogP contribution is 2.12. The first kappa shape index (κ1) is 11.5. The van der Waals surface area contributed by atoms with Gasteiger partial charge in [0.15, 0.2) is 0 Å². The molecule has 1 heterocycles. The molecule has 0 radical (unpaired) electrons. The predicted molar refractivity (Wildman–Crippen MR) is 61.5 cm³/mol. The van der Waals surface area contributed by atoms with Gasteiger partial charge in [-0.3, -0.25) is 0 Å².